The van der Waals surface area contributed by atoms with Gasteiger partial charge < -0.3 is 10.1 Å². The molecule has 0 aromatic heterocycles. The van der Waals surface area contributed by atoms with Gasteiger partial charge in [0.1, 0.15) is 0 Å². The maximum absolute atomic E-state index is 10.6. The van der Waals surface area contributed by atoms with Gasteiger partial charge in [0.05, 0.1) is 0 Å². The minimum atomic E-state index is -0.660. The van der Waals surface area contributed by atoms with E-state index in [-0.39, 0.29) is 47.3 Å². The second-order valence-electron chi connectivity index (χ2n) is 4.53. The summed E-state index contributed by atoms with van der Waals surface area (Å²) in [7, 11) is 0. The third-order valence-electron chi connectivity index (χ3n) is 1.57. The summed E-state index contributed by atoms with van der Waals surface area (Å²) in [5.41, 5.74) is 0.197. The Balaban J connectivity index is 0. The molecule has 1 atom stereocenters. The van der Waals surface area contributed by atoms with Gasteiger partial charge >= 0.3 is 29.6 Å². The summed E-state index contributed by atoms with van der Waals surface area (Å²) < 4.78 is 0. The van der Waals surface area contributed by atoms with Crippen LogP contribution in [0.25, 0.3) is 0 Å². The molecule has 0 aliphatic rings. The van der Waals surface area contributed by atoms with Crippen LogP contribution in [0.4, 0.5) is 0 Å². The van der Waals surface area contributed by atoms with E-state index >= 15 is 0 Å². The van der Waals surface area contributed by atoms with Crippen molar-refractivity contribution in [1.82, 2.24) is 0 Å². The van der Waals surface area contributed by atoms with Gasteiger partial charge in [0.15, 0.2) is 0 Å². The first kappa shape index (κ1) is 15.9. The first-order valence-corrected chi connectivity index (χ1v) is 4.18. The van der Waals surface area contributed by atoms with Gasteiger partial charge in [0.25, 0.3) is 5.97 Å². The van der Waals surface area contributed by atoms with Crippen LogP contribution in [0.1, 0.15) is 40.5 Å². The smallest absolute Gasteiger partial charge is 0.662 e. The predicted molar refractivity (Wildman–Crippen MR) is 43.9 cm³/mol. The Kier molecular flexibility index (Phi) is 8.33. The van der Waals surface area contributed by atoms with Crippen LogP contribution in [0.15, 0.2) is 0 Å². The Labute approximate surface area is 102 Å². The molecule has 0 saturated carbocycles. The molecule has 3 nitrogen and oxygen atoms in total. The van der Waals surface area contributed by atoms with Crippen LogP contribution >= 0.6 is 0 Å². The fraction of sp³-hybridized carbons (Fsp3) is 0.889. The van der Waals surface area contributed by atoms with Crippen LogP contribution < -0.4 is 34.8 Å². The molecule has 0 amide bonds. The number of hydrogen-bond acceptors (Lipinski definition) is 3. The first-order chi connectivity index (χ1) is 5.35. The second-order valence-corrected chi connectivity index (χ2v) is 4.53. The van der Waals surface area contributed by atoms with Crippen LogP contribution in [-0.2, 0) is 9.68 Å². The molecule has 0 aliphatic heterocycles. The normalized spacial score (nSPS) is 13.0. The van der Waals surface area contributed by atoms with E-state index in [0.717, 1.165) is 6.42 Å². The van der Waals surface area contributed by atoms with E-state index in [9.17, 15) is 10.1 Å². The van der Waals surface area contributed by atoms with Crippen molar-refractivity contribution in [2.24, 2.45) is 11.3 Å². The standard InChI is InChI=1S/C9H18O3.Na/c1-7(5-8(10)12-11)6-9(2,3)4;/h7,11H,5-6H2,1-4H3;/q;+1/p-1. The van der Waals surface area contributed by atoms with Crippen LogP contribution in [0.5, 0.6) is 0 Å². The van der Waals surface area contributed by atoms with E-state index in [1.807, 2.05) is 6.92 Å². The molecule has 0 rings (SSSR count). The number of rotatable bonds is 3. The van der Waals surface area contributed by atoms with Crippen molar-refractivity contribution < 1.29 is 44.5 Å². The average molecular weight is 196 g/mol. The zero-order valence-electron chi connectivity index (χ0n) is 9.22. The Morgan fingerprint density at radius 3 is 2.23 bits per heavy atom. The molecule has 0 N–H and O–H groups in total. The molecule has 1 unspecified atom stereocenters. The average Bonchev–Trinajstić information content (AvgIpc) is 1.82. The molecule has 13 heavy (non-hydrogen) atoms. The number of carbonyl (C=O) groups is 1. The fourth-order valence-corrected chi connectivity index (χ4v) is 1.44. The van der Waals surface area contributed by atoms with Crippen molar-refractivity contribution in [3.8, 4) is 0 Å². The molecule has 0 aromatic carbocycles. The maximum Gasteiger partial charge on any atom is 1.00 e. The van der Waals surface area contributed by atoms with Gasteiger partial charge in [-0.3, -0.25) is 4.79 Å². The van der Waals surface area contributed by atoms with E-state index in [2.05, 4.69) is 25.7 Å². The second kappa shape index (κ2) is 6.82. The summed E-state index contributed by atoms with van der Waals surface area (Å²) in [6.45, 7) is 8.26. The van der Waals surface area contributed by atoms with Gasteiger partial charge in [0, 0.05) is 6.42 Å². The van der Waals surface area contributed by atoms with Crippen molar-refractivity contribution in [2.75, 3.05) is 0 Å². The van der Waals surface area contributed by atoms with Gasteiger partial charge in [-0.05, 0) is 17.8 Å². The molecule has 0 aliphatic carbocycles. The third-order valence-corrected chi connectivity index (χ3v) is 1.57. The molecular weight excluding hydrogens is 179 g/mol. The summed E-state index contributed by atoms with van der Waals surface area (Å²) >= 11 is 0. The molecule has 0 aromatic rings. The molecule has 4 heteroatoms. The Morgan fingerprint density at radius 2 is 1.92 bits per heavy atom. The maximum atomic E-state index is 10.6. The molecule has 0 spiro atoms. The van der Waals surface area contributed by atoms with Crippen molar-refractivity contribution in [1.29, 1.82) is 0 Å². The fourth-order valence-electron chi connectivity index (χ4n) is 1.44. The minimum absolute atomic E-state index is 0. The van der Waals surface area contributed by atoms with Gasteiger partial charge in [-0.25, -0.2) is 0 Å². The monoisotopic (exact) mass is 196 g/mol. The van der Waals surface area contributed by atoms with Gasteiger partial charge in [-0.15, -0.1) is 0 Å². The molecule has 0 radical (unpaired) electrons. The quantitative estimate of drug-likeness (QED) is 0.306. The van der Waals surface area contributed by atoms with E-state index in [1.165, 1.54) is 0 Å². The summed E-state index contributed by atoms with van der Waals surface area (Å²) in [6.07, 6.45) is 1.14. The number of hydrogen-bond donors (Lipinski definition) is 0. The van der Waals surface area contributed by atoms with Crippen LogP contribution in [0.3, 0.4) is 0 Å². The SMILES string of the molecule is CC(CC(=O)O[O-])CC(C)(C)C.[Na+]. The van der Waals surface area contributed by atoms with Crippen molar-refractivity contribution in [2.45, 2.75) is 40.5 Å². The molecular formula is C9H17NaO3. The van der Waals surface area contributed by atoms with Gasteiger partial charge in [0.2, 0.25) is 0 Å². The van der Waals surface area contributed by atoms with Crippen molar-refractivity contribution in [3.05, 3.63) is 0 Å². The van der Waals surface area contributed by atoms with E-state index in [4.69, 9.17) is 0 Å². The number of carbonyl (C=O) groups excluding carboxylic acids is 1. The molecule has 0 fully saturated rings. The van der Waals surface area contributed by atoms with Crippen molar-refractivity contribution >= 4 is 5.97 Å². The first-order valence-electron chi connectivity index (χ1n) is 4.18. The Bertz CT molecular complexity index is 151. The van der Waals surface area contributed by atoms with E-state index in [1.54, 1.807) is 0 Å². The zero-order chi connectivity index (χ0) is 9.78. The van der Waals surface area contributed by atoms with E-state index in [0.29, 0.717) is 0 Å². The van der Waals surface area contributed by atoms with Gasteiger partial charge in [-0.1, -0.05) is 27.7 Å². The summed E-state index contributed by atoms with van der Waals surface area (Å²) in [6, 6.07) is 0. The largest absolute Gasteiger partial charge is 1.00 e. The van der Waals surface area contributed by atoms with Crippen LogP contribution in [-0.4, -0.2) is 5.97 Å². The Hall–Kier alpha value is 0.430. The van der Waals surface area contributed by atoms with E-state index < -0.39 is 5.97 Å². The van der Waals surface area contributed by atoms with Crippen molar-refractivity contribution in [3.63, 3.8) is 0 Å². The zero-order valence-corrected chi connectivity index (χ0v) is 11.2. The molecule has 72 valence electrons. The van der Waals surface area contributed by atoms with Gasteiger partial charge in [-0.2, -0.15) is 0 Å². The Morgan fingerprint density at radius 1 is 1.46 bits per heavy atom. The topological polar surface area (TPSA) is 49.4 Å². The summed E-state index contributed by atoms with van der Waals surface area (Å²) in [5.74, 6) is -0.446. The third kappa shape index (κ3) is 10.4. The van der Waals surface area contributed by atoms with Crippen LogP contribution in [0.2, 0.25) is 0 Å². The molecule has 0 bridgehead atoms. The minimum Gasteiger partial charge on any atom is -0.662 e. The van der Waals surface area contributed by atoms with Crippen LogP contribution in [0, 0.1) is 11.3 Å². The predicted octanol–water partition coefficient (Wildman–Crippen LogP) is -1.73. The molecule has 0 heterocycles. The summed E-state index contributed by atoms with van der Waals surface area (Å²) in [4.78, 5) is 13.9. The summed E-state index contributed by atoms with van der Waals surface area (Å²) in [5, 5.41) is 9.68. The molecule has 0 saturated heterocycles.